The molecule has 0 aliphatic rings. The molecule has 0 fully saturated rings. The Morgan fingerprint density at radius 1 is 1.24 bits per heavy atom. The summed E-state index contributed by atoms with van der Waals surface area (Å²) in [6.45, 7) is 10.6. The van der Waals surface area contributed by atoms with Crippen molar-refractivity contribution in [2.24, 2.45) is 13.0 Å². The van der Waals surface area contributed by atoms with Crippen LogP contribution < -0.4 is 5.32 Å². The quantitative estimate of drug-likeness (QED) is 0.877. The lowest BCUT2D eigenvalue weighted by molar-refractivity contribution is 0.550. The van der Waals surface area contributed by atoms with Gasteiger partial charge >= 0.3 is 0 Å². The molecule has 4 heteroatoms. The van der Waals surface area contributed by atoms with E-state index in [9.17, 15) is 0 Å². The van der Waals surface area contributed by atoms with Crippen LogP contribution in [0, 0.1) is 19.8 Å². The molecule has 0 saturated heterocycles. The van der Waals surface area contributed by atoms with Gasteiger partial charge < -0.3 is 5.32 Å². The number of nitrogens with zero attached hydrogens (tertiary/aromatic N) is 2. The monoisotopic (exact) mass is 303 g/mol. The van der Waals surface area contributed by atoms with Crippen LogP contribution in [0.4, 0.5) is 0 Å². The van der Waals surface area contributed by atoms with E-state index < -0.39 is 0 Å². The highest BCUT2D eigenvalue weighted by atomic mass is 32.2. The molecule has 3 nitrogen and oxygen atoms in total. The van der Waals surface area contributed by atoms with Crippen LogP contribution in [0.5, 0.6) is 0 Å². The van der Waals surface area contributed by atoms with Crippen molar-refractivity contribution >= 4 is 11.8 Å². The number of nitrogens with one attached hydrogen (secondary N) is 1. The largest absolute Gasteiger partial charge is 0.312 e. The zero-order valence-electron chi connectivity index (χ0n) is 13.6. The molecule has 1 aromatic heterocycles. The molecule has 0 unspecified atom stereocenters. The molecule has 1 N–H and O–H groups in total. The lowest BCUT2D eigenvalue weighted by Gasteiger charge is -2.12. The molecule has 21 heavy (non-hydrogen) atoms. The van der Waals surface area contributed by atoms with Crippen molar-refractivity contribution in [1.29, 1.82) is 0 Å². The second-order valence-corrected chi connectivity index (χ2v) is 7.05. The Bertz CT molecular complexity index is 602. The summed E-state index contributed by atoms with van der Waals surface area (Å²) < 4.78 is 1.95. The normalized spacial score (nSPS) is 11.3. The Labute approximate surface area is 132 Å². The van der Waals surface area contributed by atoms with Gasteiger partial charge in [0.2, 0.25) is 0 Å². The summed E-state index contributed by atoms with van der Waals surface area (Å²) in [5, 5.41) is 9.14. The van der Waals surface area contributed by atoms with E-state index in [0.717, 1.165) is 18.8 Å². The molecule has 0 radical (unpaired) electrons. The van der Waals surface area contributed by atoms with Crippen molar-refractivity contribution in [1.82, 2.24) is 15.1 Å². The number of aryl methyl sites for hydroxylation is 3. The van der Waals surface area contributed by atoms with Gasteiger partial charge in [-0.15, -0.1) is 0 Å². The van der Waals surface area contributed by atoms with Gasteiger partial charge in [0.15, 0.2) is 0 Å². The summed E-state index contributed by atoms with van der Waals surface area (Å²) in [6.07, 6.45) is 0. The van der Waals surface area contributed by atoms with E-state index in [2.05, 4.69) is 55.5 Å². The number of aromatic nitrogens is 2. The molecule has 2 aromatic rings. The van der Waals surface area contributed by atoms with Crippen molar-refractivity contribution in [3.8, 4) is 0 Å². The Morgan fingerprint density at radius 3 is 2.62 bits per heavy atom. The smallest absolute Gasteiger partial charge is 0.0987 e. The van der Waals surface area contributed by atoms with Crippen molar-refractivity contribution in [3.63, 3.8) is 0 Å². The van der Waals surface area contributed by atoms with E-state index in [1.807, 2.05) is 18.7 Å². The van der Waals surface area contributed by atoms with Gasteiger partial charge in [-0.3, -0.25) is 4.68 Å². The van der Waals surface area contributed by atoms with Crippen LogP contribution in [0.2, 0.25) is 0 Å². The van der Waals surface area contributed by atoms with Gasteiger partial charge in [0.05, 0.1) is 10.7 Å². The zero-order chi connectivity index (χ0) is 15.4. The highest BCUT2D eigenvalue weighted by molar-refractivity contribution is 7.99. The summed E-state index contributed by atoms with van der Waals surface area (Å²) in [4.78, 5) is 1.31. The zero-order valence-corrected chi connectivity index (χ0v) is 14.4. The fraction of sp³-hybridized carbons (Fsp3) is 0.471. The van der Waals surface area contributed by atoms with E-state index in [1.165, 1.54) is 21.0 Å². The highest BCUT2D eigenvalue weighted by Gasteiger charge is 2.09. The lowest BCUT2D eigenvalue weighted by atomic mass is 10.1. The summed E-state index contributed by atoms with van der Waals surface area (Å²) >= 11 is 1.79. The number of hydrogen-bond acceptors (Lipinski definition) is 3. The van der Waals surface area contributed by atoms with Crippen LogP contribution >= 0.6 is 11.8 Å². The summed E-state index contributed by atoms with van der Waals surface area (Å²) in [7, 11) is 2.00. The SMILES string of the molecule is Cc1ccc(Sc2cc(C)nn2C)c(CNCC(C)C)c1. The minimum absolute atomic E-state index is 0.672. The standard InChI is InChI=1S/C17H25N3S/c1-12(2)10-18-11-15-8-13(3)6-7-16(15)21-17-9-14(4)19-20(17)5/h6-9,12,18H,10-11H2,1-5H3. The van der Waals surface area contributed by atoms with Crippen molar-refractivity contribution in [2.75, 3.05) is 6.54 Å². The molecule has 1 heterocycles. The van der Waals surface area contributed by atoms with Gasteiger partial charge in [-0.05, 0) is 44.0 Å². The first-order valence-corrected chi connectivity index (χ1v) is 8.26. The average Bonchev–Trinajstić information content (AvgIpc) is 2.70. The van der Waals surface area contributed by atoms with Crippen LogP contribution in [0.1, 0.15) is 30.7 Å². The first-order chi connectivity index (χ1) is 9.95. The number of benzene rings is 1. The third-order valence-electron chi connectivity index (χ3n) is 3.26. The predicted molar refractivity (Wildman–Crippen MR) is 89.8 cm³/mol. The van der Waals surface area contributed by atoms with E-state index in [0.29, 0.717) is 5.92 Å². The number of rotatable bonds is 6. The van der Waals surface area contributed by atoms with Crippen molar-refractivity contribution < 1.29 is 0 Å². The molecule has 0 amide bonds. The Morgan fingerprint density at radius 2 is 2.00 bits per heavy atom. The maximum absolute atomic E-state index is 4.42. The summed E-state index contributed by atoms with van der Waals surface area (Å²) in [5.41, 5.74) is 3.73. The Kier molecular flexibility index (Phi) is 5.48. The molecular formula is C17H25N3S. The Hall–Kier alpha value is -1.26. The molecular weight excluding hydrogens is 278 g/mol. The summed E-state index contributed by atoms with van der Waals surface area (Å²) in [6, 6.07) is 8.81. The maximum Gasteiger partial charge on any atom is 0.0987 e. The predicted octanol–water partition coefficient (Wildman–Crippen LogP) is 3.93. The van der Waals surface area contributed by atoms with Gasteiger partial charge in [0.1, 0.15) is 0 Å². The molecule has 0 bridgehead atoms. The molecule has 1 aromatic carbocycles. The second kappa shape index (κ2) is 7.14. The van der Waals surface area contributed by atoms with Gasteiger partial charge in [-0.2, -0.15) is 5.10 Å². The third kappa shape index (κ3) is 4.61. The molecule has 0 atom stereocenters. The average molecular weight is 303 g/mol. The fourth-order valence-electron chi connectivity index (χ4n) is 2.24. The minimum atomic E-state index is 0.672. The van der Waals surface area contributed by atoms with Crippen LogP contribution in [-0.2, 0) is 13.6 Å². The van der Waals surface area contributed by atoms with Gasteiger partial charge in [-0.25, -0.2) is 0 Å². The fourth-order valence-corrected chi connectivity index (χ4v) is 3.26. The van der Waals surface area contributed by atoms with Gasteiger partial charge in [0, 0.05) is 18.5 Å². The first kappa shape index (κ1) is 16.1. The topological polar surface area (TPSA) is 29.9 Å². The molecule has 0 aliphatic carbocycles. The maximum atomic E-state index is 4.42. The van der Waals surface area contributed by atoms with Gasteiger partial charge in [0.25, 0.3) is 0 Å². The van der Waals surface area contributed by atoms with E-state index in [4.69, 9.17) is 0 Å². The molecule has 2 rings (SSSR count). The summed E-state index contributed by atoms with van der Waals surface area (Å²) in [5.74, 6) is 0.672. The lowest BCUT2D eigenvalue weighted by Crippen LogP contribution is -2.19. The van der Waals surface area contributed by atoms with Crippen molar-refractivity contribution in [2.45, 2.75) is 44.2 Å². The van der Waals surface area contributed by atoms with E-state index in [-0.39, 0.29) is 0 Å². The molecule has 114 valence electrons. The molecule has 0 spiro atoms. The van der Waals surface area contributed by atoms with Crippen LogP contribution in [0.15, 0.2) is 34.2 Å². The number of hydrogen-bond donors (Lipinski definition) is 1. The minimum Gasteiger partial charge on any atom is -0.312 e. The van der Waals surface area contributed by atoms with Crippen LogP contribution in [-0.4, -0.2) is 16.3 Å². The van der Waals surface area contributed by atoms with Gasteiger partial charge in [-0.1, -0.05) is 43.3 Å². The highest BCUT2D eigenvalue weighted by Crippen LogP contribution is 2.31. The van der Waals surface area contributed by atoms with Crippen LogP contribution in [0.3, 0.4) is 0 Å². The van der Waals surface area contributed by atoms with E-state index >= 15 is 0 Å². The molecule has 0 aliphatic heterocycles. The van der Waals surface area contributed by atoms with E-state index in [1.54, 1.807) is 11.8 Å². The Balaban J connectivity index is 2.16. The first-order valence-electron chi connectivity index (χ1n) is 7.44. The van der Waals surface area contributed by atoms with Crippen molar-refractivity contribution in [3.05, 3.63) is 41.1 Å². The molecule has 0 saturated carbocycles. The van der Waals surface area contributed by atoms with Crippen LogP contribution in [0.25, 0.3) is 0 Å². The third-order valence-corrected chi connectivity index (χ3v) is 4.47. The second-order valence-electron chi connectivity index (χ2n) is 5.99.